The summed E-state index contributed by atoms with van der Waals surface area (Å²) >= 11 is 0. The summed E-state index contributed by atoms with van der Waals surface area (Å²) in [5.41, 5.74) is 10.8. The minimum atomic E-state index is 0.728. The second-order valence-corrected chi connectivity index (χ2v) is 6.12. The van der Waals surface area contributed by atoms with Gasteiger partial charge in [-0.15, -0.1) is 0 Å². The minimum Gasteiger partial charge on any atom is -0.403 e. The van der Waals surface area contributed by atoms with E-state index in [9.17, 15) is 0 Å². The lowest BCUT2D eigenvalue weighted by molar-refractivity contribution is 0.827. The Labute approximate surface area is 152 Å². The van der Waals surface area contributed by atoms with E-state index in [1.165, 1.54) is 28.0 Å². The Balaban J connectivity index is 1.86. The third-order valence-corrected chi connectivity index (χ3v) is 4.74. The average Bonchev–Trinajstić information content (AvgIpc) is 3.02. The molecular weight excluding hydrogens is 322 g/mol. The van der Waals surface area contributed by atoms with Crippen LogP contribution in [0.3, 0.4) is 0 Å². The van der Waals surface area contributed by atoms with Gasteiger partial charge in [0, 0.05) is 52.5 Å². The summed E-state index contributed by atoms with van der Waals surface area (Å²) in [7, 11) is 0. The lowest BCUT2D eigenvalue weighted by Crippen LogP contribution is -2.29. The van der Waals surface area contributed by atoms with Gasteiger partial charge >= 0.3 is 0 Å². The molecule has 0 unspecified atom stereocenters. The predicted molar refractivity (Wildman–Crippen MR) is 108 cm³/mol. The molecule has 0 saturated carbocycles. The summed E-state index contributed by atoms with van der Waals surface area (Å²) in [5.74, 6) is 6.41. The van der Waals surface area contributed by atoms with E-state index in [4.69, 9.17) is 11.6 Å². The molecule has 0 spiro atoms. The van der Waals surface area contributed by atoms with Gasteiger partial charge in [-0.1, -0.05) is 18.2 Å². The van der Waals surface area contributed by atoms with Crippen molar-refractivity contribution < 1.29 is 0 Å². The summed E-state index contributed by atoms with van der Waals surface area (Å²) in [5, 5.41) is 4.02. The number of fused-ring (bicyclic) bond motifs is 3. The highest BCUT2D eigenvalue weighted by Crippen LogP contribution is 2.33. The second kappa shape index (κ2) is 6.54. The standard InChI is InChI=1S/C21H21N5/c1-2-25-19-6-4-3-5-17(19)18-13-16(7-8-20(18)25)26(23)21(14-22)15-9-11-24-12-10-15/h3-14H,2,22-23H2,1H3/b21-14-. The van der Waals surface area contributed by atoms with Crippen molar-refractivity contribution in [1.29, 1.82) is 0 Å². The molecule has 0 bridgehead atoms. The molecule has 2 heterocycles. The molecule has 4 N–H and O–H groups in total. The maximum Gasteiger partial charge on any atom is 0.0803 e. The summed E-state index contributed by atoms with van der Waals surface area (Å²) in [6.45, 7) is 3.08. The molecule has 5 heteroatoms. The molecule has 0 aliphatic carbocycles. The van der Waals surface area contributed by atoms with Crippen molar-refractivity contribution in [3.05, 3.63) is 78.8 Å². The topological polar surface area (TPSA) is 73.1 Å². The zero-order valence-electron chi connectivity index (χ0n) is 14.6. The number of nitrogens with two attached hydrogens (primary N) is 2. The van der Waals surface area contributed by atoms with Gasteiger partial charge in [0.05, 0.1) is 11.4 Å². The molecule has 0 aliphatic rings. The van der Waals surface area contributed by atoms with Crippen LogP contribution in [0.25, 0.3) is 27.5 Å². The smallest absolute Gasteiger partial charge is 0.0803 e. The van der Waals surface area contributed by atoms with E-state index in [1.54, 1.807) is 17.4 Å². The van der Waals surface area contributed by atoms with E-state index in [0.29, 0.717) is 0 Å². The number of anilines is 1. The van der Waals surface area contributed by atoms with Gasteiger partial charge in [0.2, 0.25) is 0 Å². The first-order valence-electron chi connectivity index (χ1n) is 8.62. The molecule has 130 valence electrons. The normalized spacial score (nSPS) is 12.0. The number of hydrazine groups is 1. The third kappa shape index (κ3) is 2.50. The average molecular weight is 343 g/mol. The highest BCUT2D eigenvalue weighted by molar-refractivity contribution is 6.09. The minimum absolute atomic E-state index is 0.728. The lowest BCUT2D eigenvalue weighted by atomic mass is 10.1. The van der Waals surface area contributed by atoms with Gasteiger partial charge in [-0.2, -0.15) is 0 Å². The van der Waals surface area contributed by atoms with Gasteiger partial charge < -0.3 is 10.3 Å². The van der Waals surface area contributed by atoms with Crippen LogP contribution in [0.4, 0.5) is 5.69 Å². The number of nitrogens with zero attached hydrogens (tertiary/aromatic N) is 3. The Morgan fingerprint density at radius 2 is 1.77 bits per heavy atom. The Morgan fingerprint density at radius 3 is 2.50 bits per heavy atom. The molecule has 2 aromatic heterocycles. The molecule has 4 aromatic rings. The van der Waals surface area contributed by atoms with E-state index >= 15 is 0 Å². The number of benzene rings is 2. The van der Waals surface area contributed by atoms with Gasteiger partial charge in [0.25, 0.3) is 0 Å². The molecule has 4 rings (SSSR count). The number of hydrogen-bond donors (Lipinski definition) is 2. The van der Waals surface area contributed by atoms with Crippen LogP contribution >= 0.6 is 0 Å². The van der Waals surface area contributed by atoms with E-state index in [2.05, 4.69) is 52.9 Å². The number of aryl methyl sites for hydroxylation is 1. The zero-order chi connectivity index (χ0) is 18.1. The number of hydrogen-bond acceptors (Lipinski definition) is 4. The monoisotopic (exact) mass is 343 g/mol. The molecule has 0 aliphatic heterocycles. The van der Waals surface area contributed by atoms with Crippen LogP contribution in [0.1, 0.15) is 12.5 Å². The molecular formula is C21H21N5. The van der Waals surface area contributed by atoms with Crippen molar-refractivity contribution in [2.24, 2.45) is 11.6 Å². The zero-order valence-corrected chi connectivity index (χ0v) is 14.6. The molecule has 0 amide bonds. The molecule has 0 fully saturated rings. The second-order valence-electron chi connectivity index (χ2n) is 6.12. The largest absolute Gasteiger partial charge is 0.403 e. The van der Waals surface area contributed by atoms with Gasteiger partial charge in [0.15, 0.2) is 0 Å². The fraction of sp³-hybridized carbons (Fsp3) is 0.0952. The van der Waals surface area contributed by atoms with Crippen molar-refractivity contribution >= 4 is 33.2 Å². The first-order valence-corrected chi connectivity index (χ1v) is 8.62. The number of pyridine rings is 1. The first-order chi connectivity index (χ1) is 12.7. The Morgan fingerprint density at radius 1 is 1.04 bits per heavy atom. The first kappa shape index (κ1) is 16.2. The fourth-order valence-electron chi connectivity index (χ4n) is 3.51. The van der Waals surface area contributed by atoms with Crippen LogP contribution in [-0.4, -0.2) is 9.55 Å². The molecule has 0 atom stereocenters. The number of aromatic nitrogens is 2. The predicted octanol–water partition coefficient (Wildman–Crippen LogP) is 3.85. The van der Waals surface area contributed by atoms with Gasteiger partial charge in [0.1, 0.15) is 0 Å². The lowest BCUT2D eigenvalue weighted by Gasteiger charge is -2.22. The maximum absolute atomic E-state index is 6.41. The van der Waals surface area contributed by atoms with Gasteiger partial charge in [-0.05, 0) is 43.3 Å². The van der Waals surface area contributed by atoms with E-state index in [0.717, 1.165) is 23.5 Å². The summed E-state index contributed by atoms with van der Waals surface area (Å²) in [4.78, 5) is 4.05. The van der Waals surface area contributed by atoms with Crippen LogP contribution in [0.2, 0.25) is 0 Å². The van der Waals surface area contributed by atoms with E-state index in [-0.39, 0.29) is 0 Å². The van der Waals surface area contributed by atoms with Crippen molar-refractivity contribution in [2.45, 2.75) is 13.5 Å². The van der Waals surface area contributed by atoms with Crippen molar-refractivity contribution in [3.63, 3.8) is 0 Å². The number of rotatable bonds is 4. The van der Waals surface area contributed by atoms with Crippen LogP contribution in [0, 0.1) is 0 Å². The van der Waals surface area contributed by atoms with Crippen molar-refractivity contribution in [3.8, 4) is 0 Å². The third-order valence-electron chi connectivity index (χ3n) is 4.74. The quantitative estimate of drug-likeness (QED) is 0.436. The van der Waals surface area contributed by atoms with E-state index < -0.39 is 0 Å². The Hall–Kier alpha value is -3.31. The van der Waals surface area contributed by atoms with Crippen LogP contribution in [-0.2, 0) is 6.54 Å². The summed E-state index contributed by atoms with van der Waals surface area (Å²) in [6, 6.07) is 18.5. The molecule has 2 aromatic carbocycles. The molecule has 0 radical (unpaired) electrons. The van der Waals surface area contributed by atoms with Crippen LogP contribution in [0.15, 0.2) is 73.2 Å². The molecule has 0 saturated heterocycles. The van der Waals surface area contributed by atoms with Crippen LogP contribution < -0.4 is 16.6 Å². The fourth-order valence-corrected chi connectivity index (χ4v) is 3.51. The SMILES string of the molecule is CCn1c2ccccc2c2cc(N(N)/C(=C\N)c3ccncc3)ccc21. The Bertz CT molecular complexity index is 1100. The molecule has 26 heavy (non-hydrogen) atoms. The van der Waals surface area contributed by atoms with Gasteiger partial charge in [-0.3, -0.25) is 9.99 Å². The Kier molecular flexibility index (Phi) is 4.07. The number of para-hydroxylation sites is 1. The summed E-state index contributed by atoms with van der Waals surface area (Å²) < 4.78 is 2.32. The van der Waals surface area contributed by atoms with Gasteiger partial charge in [-0.25, -0.2) is 5.84 Å². The maximum atomic E-state index is 6.41. The van der Waals surface area contributed by atoms with Crippen molar-refractivity contribution in [2.75, 3.05) is 5.01 Å². The van der Waals surface area contributed by atoms with Crippen molar-refractivity contribution in [1.82, 2.24) is 9.55 Å². The summed E-state index contributed by atoms with van der Waals surface area (Å²) in [6.07, 6.45) is 4.98. The van der Waals surface area contributed by atoms with E-state index in [1.807, 2.05) is 18.2 Å². The highest BCUT2D eigenvalue weighted by Gasteiger charge is 2.14. The highest BCUT2D eigenvalue weighted by atomic mass is 15.4. The molecule has 5 nitrogen and oxygen atoms in total. The van der Waals surface area contributed by atoms with Crippen LogP contribution in [0.5, 0.6) is 0 Å².